The highest BCUT2D eigenvalue weighted by molar-refractivity contribution is 6.30. The number of fused-ring (bicyclic) bond motifs is 3. The molecule has 1 aliphatic carbocycles. The van der Waals surface area contributed by atoms with E-state index in [0.717, 1.165) is 16.9 Å². The first kappa shape index (κ1) is 20.2. The zero-order valence-corrected chi connectivity index (χ0v) is 17.0. The van der Waals surface area contributed by atoms with Gasteiger partial charge in [0, 0.05) is 36.2 Å². The van der Waals surface area contributed by atoms with Crippen molar-refractivity contribution in [3.05, 3.63) is 76.8 Å². The average molecular weight is 418 g/mol. The van der Waals surface area contributed by atoms with Crippen molar-refractivity contribution in [2.75, 3.05) is 14.2 Å². The van der Waals surface area contributed by atoms with E-state index in [1.54, 1.807) is 6.08 Å². The lowest BCUT2D eigenvalue weighted by molar-refractivity contribution is -0.132. The Balaban J connectivity index is 1.82. The molecule has 0 saturated carbocycles. The van der Waals surface area contributed by atoms with E-state index in [-0.39, 0.29) is 12.3 Å². The van der Waals surface area contributed by atoms with E-state index >= 15 is 0 Å². The SMILES string of the molecule is COC1=CC=CC(C2OC(CC(O)OC)c3cccn3-c3ccc(Cl)cc32)C1O. The first-order chi connectivity index (χ1) is 14.0. The summed E-state index contributed by atoms with van der Waals surface area (Å²) in [5, 5.41) is 21.6. The molecule has 4 rings (SSSR count). The van der Waals surface area contributed by atoms with E-state index in [4.69, 9.17) is 25.8 Å². The molecule has 1 aromatic heterocycles. The van der Waals surface area contributed by atoms with Crippen LogP contribution >= 0.6 is 11.6 Å². The van der Waals surface area contributed by atoms with E-state index < -0.39 is 24.6 Å². The zero-order valence-electron chi connectivity index (χ0n) is 16.2. The van der Waals surface area contributed by atoms with Crippen molar-refractivity contribution in [3.8, 4) is 5.69 Å². The van der Waals surface area contributed by atoms with Crippen LogP contribution in [0, 0.1) is 5.92 Å². The second-order valence-corrected chi connectivity index (χ2v) is 7.59. The third kappa shape index (κ3) is 3.74. The van der Waals surface area contributed by atoms with Gasteiger partial charge >= 0.3 is 0 Å². The largest absolute Gasteiger partial charge is 0.498 e. The van der Waals surface area contributed by atoms with E-state index in [0.29, 0.717) is 10.8 Å². The summed E-state index contributed by atoms with van der Waals surface area (Å²) in [6, 6.07) is 9.54. The topological polar surface area (TPSA) is 73.1 Å². The molecule has 1 aromatic carbocycles. The summed E-state index contributed by atoms with van der Waals surface area (Å²) in [6.07, 6.45) is 4.90. The van der Waals surface area contributed by atoms with Gasteiger partial charge in [0.2, 0.25) is 0 Å². The molecule has 2 aromatic rings. The van der Waals surface area contributed by atoms with Crippen molar-refractivity contribution in [2.24, 2.45) is 5.92 Å². The Morgan fingerprint density at radius 1 is 1.28 bits per heavy atom. The van der Waals surface area contributed by atoms with E-state index in [1.165, 1.54) is 14.2 Å². The number of allylic oxidation sites excluding steroid dienone is 2. The Bertz CT molecular complexity index is 937. The van der Waals surface area contributed by atoms with Crippen molar-refractivity contribution >= 4 is 11.6 Å². The van der Waals surface area contributed by atoms with Crippen LogP contribution in [0.1, 0.15) is 29.9 Å². The standard InChI is InChI=1S/C22H24ClNO5/c1-27-18-7-3-5-14(21(18)26)22-15-11-13(23)8-9-16(15)24-10-4-6-17(24)19(29-22)12-20(25)28-2/h3-11,14,19-22,25-26H,12H2,1-2H3. The number of methoxy groups -OCH3 is 2. The van der Waals surface area contributed by atoms with Gasteiger partial charge in [0.1, 0.15) is 18.0 Å². The lowest BCUT2D eigenvalue weighted by atomic mass is 9.86. The van der Waals surface area contributed by atoms with E-state index in [9.17, 15) is 10.2 Å². The Kier molecular flexibility index (Phi) is 5.81. The molecule has 1 aliphatic heterocycles. The fraction of sp³-hybridized carbons (Fsp3) is 0.364. The number of rotatable bonds is 5. The van der Waals surface area contributed by atoms with E-state index in [2.05, 4.69) is 0 Å². The first-order valence-corrected chi connectivity index (χ1v) is 9.85. The highest BCUT2D eigenvalue weighted by Gasteiger charge is 2.39. The summed E-state index contributed by atoms with van der Waals surface area (Å²) in [5.74, 6) is 0.0842. The molecule has 5 unspecified atom stereocenters. The van der Waals surface area contributed by atoms with Crippen LogP contribution in [0.3, 0.4) is 0 Å². The van der Waals surface area contributed by atoms with Crippen LogP contribution in [0.5, 0.6) is 0 Å². The smallest absolute Gasteiger partial charge is 0.157 e. The van der Waals surface area contributed by atoms with Crippen molar-refractivity contribution in [3.63, 3.8) is 0 Å². The van der Waals surface area contributed by atoms with Crippen LogP contribution < -0.4 is 0 Å². The van der Waals surface area contributed by atoms with Gasteiger partial charge < -0.3 is 29.0 Å². The summed E-state index contributed by atoms with van der Waals surface area (Å²) < 4.78 is 19.0. The minimum Gasteiger partial charge on any atom is -0.498 e. The zero-order chi connectivity index (χ0) is 20.5. The van der Waals surface area contributed by atoms with Crippen LogP contribution in [0.15, 0.2) is 60.5 Å². The predicted molar refractivity (Wildman–Crippen MR) is 109 cm³/mol. The maximum atomic E-state index is 10.9. The molecule has 7 heteroatoms. The minimum absolute atomic E-state index is 0.248. The number of ether oxygens (including phenoxy) is 3. The highest BCUT2D eigenvalue weighted by Crippen LogP contribution is 2.45. The number of aromatic nitrogens is 1. The molecule has 0 radical (unpaired) electrons. The number of benzene rings is 1. The van der Waals surface area contributed by atoms with Gasteiger partial charge in [-0.05, 0) is 36.4 Å². The average Bonchev–Trinajstić information content (AvgIpc) is 3.17. The molecular weight excluding hydrogens is 394 g/mol. The Labute approximate surface area is 174 Å². The van der Waals surface area contributed by atoms with Crippen LogP contribution in [0.25, 0.3) is 5.69 Å². The maximum Gasteiger partial charge on any atom is 0.157 e. The van der Waals surface area contributed by atoms with Gasteiger partial charge in [-0.25, -0.2) is 0 Å². The molecule has 6 nitrogen and oxygen atoms in total. The van der Waals surface area contributed by atoms with Crippen molar-refractivity contribution < 1.29 is 24.4 Å². The molecular formula is C22H24ClNO5. The first-order valence-electron chi connectivity index (χ1n) is 9.47. The van der Waals surface area contributed by atoms with Crippen molar-refractivity contribution in [2.45, 2.75) is 31.0 Å². The third-order valence-corrected chi connectivity index (χ3v) is 5.73. The predicted octanol–water partition coefficient (Wildman–Crippen LogP) is 3.68. The van der Waals surface area contributed by atoms with Crippen LogP contribution in [0.4, 0.5) is 0 Å². The molecule has 0 saturated heterocycles. The van der Waals surface area contributed by atoms with Gasteiger partial charge in [-0.15, -0.1) is 0 Å². The maximum absolute atomic E-state index is 10.9. The van der Waals surface area contributed by atoms with Crippen LogP contribution in [0.2, 0.25) is 5.02 Å². The summed E-state index contributed by atoms with van der Waals surface area (Å²) in [4.78, 5) is 0. The second-order valence-electron chi connectivity index (χ2n) is 7.16. The third-order valence-electron chi connectivity index (χ3n) is 5.50. The molecule has 2 N–H and O–H groups in total. The summed E-state index contributed by atoms with van der Waals surface area (Å²) >= 11 is 6.33. The highest BCUT2D eigenvalue weighted by atomic mass is 35.5. The van der Waals surface area contributed by atoms with Crippen LogP contribution in [-0.2, 0) is 14.2 Å². The Morgan fingerprint density at radius 2 is 2.10 bits per heavy atom. The fourth-order valence-electron chi connectivity index (χ4n) is 4.05. The Morgan fingerprint density at radius 3 is 2.86 bits per heavy atom. The Hall–Kier alpha value is -2.09. The van der Waals surface area contributed by atoms with Gasteiger partial charge in [-0.3, -0.25) is 0 Å². The number of halogens is 1. The fourth-order valence-corrected chi connectivity index (χ4v) is 4.23. The molecule has 0 amide bonds. The second kappa shape index (κ2) is 8.34. The number of hydrogen-bond acceptors (Lipinski definition) is 5. The number of hydrogen-bond donors (Lipinski definition) is 2. The molecule has 2 heterocycles. The van der Waals surface area contributed by atoms with Gasteiger partial charge in [-0.2, -0.15) is 0 Å². The molecule has 2 aliphatic rings. The van der Waals surface area contributed by atoms with Gasteiger partial charge in [0.25, 0.3) is 0 Å². The molecule has 5 atom stereocenters. The molecule has 0 bridgehead atoms. The molecule has 154 valence electrons. The van der Waals surface area contributed by atoms with Crippen molar-refractivity contribution in [1.29, 1.82) is 0 Å². The lowest BCUT2D eigenvalue weighted by Gasteiger charge is -2.33. The summed E-state index contributed by atoms with van der Waals surface area (Å²) in [5.41, 5.74) is 2.67. The van der Waals surface area contributed by atoms with E-state index in [1.807, 2.05) is 53.2 Å². The van der Waals surface area contributed by atoms with Gasteiger partial charge in [0.05, 0.1) is 24.6 Å². The minimum atomic E-state index is -0.977. The molecule has 29 heavy (non-hydrogen) atoms. The quantitative estimate of drug-likeness (QED) is 0.726. The van der Waals surface area contributed by atoms with Gasteiger partial charge in [0.15, 0.2) is 6.29 Å². The number of aliphatic hydroxyl groups excluding tert-OH is 2. The van der Waals surface area contributed by atoms with Gasteiger partial charge in [-0.1, -0.05) is 23.8 Å². The molecule has 0 spiro atoms. The van der Waals surface area contributed by atoms with Crippen LogP contribution in [-0.4, -0.2) is 41.4 Å². The normalized spacial score (nSPS) is 26.9. The lowest BCUT2D eigenvalue weighted by Crippen LogP contribution is -2.31. The monoisotopic (exact) mass is 417 g/mol. The number of nitrogens with zero attached hydrogens (tertiary/aromatic N) is 1. The molecule has 0 fully saturated rings. The number of aliphatic hydroxyl groups is 2. The summed E-state index contributed by atoms with van der Waals surface area (Å²) in [6.45, 7) is 0. The summed E-state index contributed by atoms with van der Waals surface area (Å²) in [7, 11) is 2.99. The van der Waals surface area contributed by atoms with Crippen molar-refractivity contribution in [1.82, 2.24) is 4.57 Å².